The summed E-state index contributed by atoms with van der Waals surface area (Å²) in [4.78, 5) is 21.6. The molecule has 3 N–H and O–H groups in total. The molecule has 0 spiro atoms. The van der Waals surface area contributed by atoms with Gasteiger partial charge < -0.3 is 20.1 Å². The molecule has 0 saturated carbocycles. The van der Waals surface area contributed by atoms with E-state index in [1.165, 1.54) is 11.8 Å². The SMILES string of the molecule is COCc1ccnc(Nc2cc(Nc3cccc(Cl)c3OC)c3c(=O)n(C)[nH]c3n2)c1. The van der Waals surface area contributed by atoms with Crippen molar-refractivity contribution in [3.8, 4) is 5.75 Å². The summed E-state index contributed by atoms with van der Waals surface area (Å²) in [5, 5.41) is 10.3. The highest BCUT2D eigenvalue weighted by atomic mass is 35.5. The number of H-pyrrole nitrogens is 1. The third-order valence-electron chi connectivity index (χ3n) is 4.64. The number of aromatic nitrogens is 4. The van der Waals surface area contributed by atoms with Crippen LogP contribution in [-0.2, 0) is 18.4 Å². The van der Waals surface area contributed by atoms with Crippen LogP contribution in [0.2, 0.25) is 5.02 Å². The normalized spacial score (nSPS) is 11.0. The molecule has 0 saturated heterocycles. The van der Waals surface area contributed by atoms with E-state index in [-0.39, 0.29) is 5.56 Å². The summed E-state index contributed by atoms with van der Waals surface area (Å²) in [6, 6.07) is 10.8. The standard InChI is InChI=1S/C21H21ClN6O3/c1-28-21(29)18-15(24-14-6-4-5-13(22)19(14)31-3)10-17(26-20(18)27-28)25-16-9-12(11-30-2)7-8-23-16/h4-10H,11H2,1-3H3,(H3,23,24,25,26,27). The predicted octanol–water partition coefficient (Wildman–Crippen LogP) is 3.95. The third kappa shape index (κ3) is 4.18. The Bertz CT molecular complexity index is 1300. The van der Waals surface area contributed by atoms with E-state index in [1.807, 2.05) is 18.2 Å². The van der Waals surface area contributed by atoms with Crippen LogP contribution in [0.4, 0.5) is 23.0 Å². The lowest BCUT2D eigenvalue weighted by Gasteiger charge is -2.14. The number of para-hydroxylation sites is 1. The maximum absolute atomic E-state index is 12.7. The molecule has 1 aromatic carbocycles. The number of pyridine rings is 2. The first kappa shape index (κ1) is 20.7. The van der Waals surface area contributed by atoms with E-state index >= 15 is 0 Å². The van der Waals surface area contributed by atoms with Crippen LogP contribution in [0.5, 0.6) is 5.75 Å². The van der Waals surface area contributed by atoms with Crippen LogP contribution in [0.3, 0.4) is 0 Å². The first-order valence-electron chi connectivity index (χ1n) is 9.40. The summed E-state index contributed by atoms with van der Waals surface area (Å²) in [7, 11) is 4.81. The molecule has 4 aromatic rings. The lowest BCUT2D eigenvalue weighted by molar-refractivity contribution is 0.185. The summed E-state index contributed by atoms with van der Waals surface area (Å²) < 4.78 is 12.0. The summed E-state index contributed by atoms with van der Waals surface area (Å²) >= 11 is 6.25. The van der Waals surface area contributed by atoms with Crippen molar-refractivity contribution in [1.29, 1.82) is 0 Å². The van der Waals surface area contributed by atoms with E-state index in [9.17, 15) is 4.79 Å². The van der Waals surface area contributed by atoms with Gasteiger partial charge >= 0.3 is 0 Å². The van der Waals surface area contributed by atoms with Gasteiger partial charge in [-0.1, -0.05) is 17.7 Å². The Labute approximate surface area is 183 Å². The molecule has 3 aromatic heterocycles. The predicted molar refractivity (Wildman–Crippen MR) is 121 cm³/mol. The Hall–Kier alpha value is -3.56. The molecule has 3 heterocycles. The smallest absolute Gasteiger partial charge is 0.277 e. The molecule has 0 aliphatic carbocycles. The minimum absolute atomic E-state index is 0.210. The van der Waals surface area contributed by atoms with Crippen molar-refractivity contribution >= 4 is 45.6 Å². The second-order valence-electron chi connectivity index (χ2n) is 6.81. The Kier molecular flexibility index (Phi) is 5.79. The first-order valence-corrected chi connectivity index (χ1v) is 9.78. The van der Waals surface area contributed by atoms with Gasteiger partial charge in [-0.05, 0) is 29.8 Å². The Balaban J connectivity index is 1.78. The lowest BCUT2D eigenvalue weighted by Crippen LogP contribution is -2.12. The van der Waals surface area contributed by atoms with Gasteiger partial charge in [-0.2, -0.15) is 0 Å². The number of nitrogens with zero attached hydrogens (tertiary/aromatic N) is 3. The molecule has 0 bridgehead atoms. The van der Waals surface area contributed by atoms with Gasteiger partial charge in [0.1, 0.15) is 17.0 Å². The molecule has 0 atom stereocenters. The highest BCUT2D eigenvalue weighted by Crippen LogP contribution is 2.36. The number of anilines is 4. The van der Waals surface area contributed by atoms with Crippen molar-refractivity contribution in [2.45, 2.75) is 6.61 Å². The molecule has 0 unspecified atom stereocenters. The van der Waals surface area contributed by atoms with Gasteiger partial charge in [0.05, 0.1) is 30.1 Å². The third-order valence-corrected chi connectivity index (χ3v) is 4.94. The van der Waals surface area contributed by atoms with Gasteiger partial charge in [-0.25, -0.2) is 9.97 Å². The molecule has 0 aliphatic heterocycles. The van der Waals surface area contributed by atoms with Crippen LogP contribution < -0.4 is 20.9 Å². The second-order valence-corrected chi connectivity index (χ2v) is 7.21. The lowest BCUT2D eigenvalue weighted by atomic mass is 10.2. The highest BCUT2D eigenvalue weighted by molar-refractivity contribution is 6.32. The molecule has 0 fully saturated rings. The zero-order chi connectivity index (χ0) is 22.0. The van der Waals surface area contributed by atoms with Crippen molar-refractivity contribution in [3.63, 3.8) is 0 Å². The fourth-order valence-electron chi connectivity index (χ4n) is 3.27. The average Bonchev–Trinajstić information content (AvgIpc) is 3.02. The van der Waals surface area contributed by atoms with Crippen LogP contribution >= 0.6 is 11.6 Å². The monoisotopic (exact) mass is 440 g/mol. The summed E-state index contributed by atoms with van der Waals surface area (Å²) in [5.74, 6) is 1.58. The molecular weight excluding hydrogens is 420 g/mol. The molecule has 160 valence electrons. The topological polar surface area (TPSA) is 106 Å². The maximum atomic E-state index is 12.7. The van der Waals surface area contributed by atoms with Crippen molar-refractivity contribution in [1.82, 2.24) is 19.7 Å². The number of aryl methyl sites for hydroxylation is 1. The van der Waals surface area contributed by atoms with Gasteiger partial charge in [-0.15, -0.1) is 0 Å². The molecule has 9 nitrogen and oxygen atoms in total. The molecule has 4 rings (SSSR count). The zero-order valence-corrected chi connectivity index (χ0v) is 17.9. The number of ether oxygens (including phenoxy) is 2. The summed E-state index contributed by atoms with van der Waals surface area (Å²) in [6.07, 6.45) is 1.69. The van der Waals surface area contributed by atoms with Crippen molar-refractivity contribution in [3.05, 3.63) is 63.5 Å². The van der Waals surface area contributed by atoms with Crippen molar-refractivity contribution < 1.29 is 9.47 Å². The van der Waals surface area contributed by atoms with E-state index in [2.05, 4.69) is 25.7 Å². The first-order chi connectivity index (χ1) is 15.0. The largest absolute Gasteiger partial charge is 0.493 e. The number of nitrogens with one attached hydrogen (secondary N) is 3. The molecule has 0 radical (unpaired) electrons. The van der Waals surface area contributed by atoms with Crippen LogP contribution in [0.1, 0.15) is 5.56 Å². The number of hydrogen-bond acceptors (Lipinski definition) is 7. The highest BCUT2D eigenvalue weighted by Gasteiger charge is 2.16. The van der Waals surface area contributed by atoms with Crippen LogP contribution in [0, 0.1) is 0 Å². The fraction of sp³-hybridized carbons (Fsp3) is 0.190. The van der Waals surface area contributed by atoms with E-state index in [4.69, 9.17) is 21.1 Å². The van der Waals surface area contributed by atoms with Gasteiger partial charge in [0.2, 0.25) is 0 Å². The number of methoxy groups -OCH3 is 2. The number of benzene rings is 1. The van der Waals surface area contributed by atoms with E-state index in [0.717, 1.165) is 5.56 Å². The minimum atomic E-state index is -0.210. The van der Waals surface area contributed by atoms with Crippen molar-refractivity contribution in [2.24, 2.45) is 7.05 Å². The number of hydrogen-bond donors (Lipinski definition) is 3. The minimum Gasteiger partial charge on any atom is -0.493 e. The quantitative estimate of drug-likeness (QED) is 0.399. The van der Waals surface area contributed by atoms with E-state index < -0.39 is 0 Å². The number of rotatable bonds is 7. The van der Waals surface area contributed by atoms with Gasteiger partial charge in [0, 0.05) is 26.4 Å². The fourth-order valence-corrected chi connectivity index (χ4v) is 3.52. The summed E-state index contributed by atoms with van der Waals surface area (Å²) in [6.45, 7) is 0.469. The number of aromatic amines is 1. The molecule has 10 heteroatoms. The van der Waals surface area contributed by atoms with Crippen molar-refractivity contribution in [2.75, 3.05) is 24.9 Å². The van der Waals surface area contributed by atoms with Crippen LogP contribution in [-0.4, -0.2) is 34.0 Å². The van der Waals surface area contributed by atoms with Crippen LogP contribution in [0.25, 0.3) is 11.0 Å². The van der Waals surface area contributed by atoms with Gasteiger partial charge in [0.15, 0.2) is 11.4 Å². The zero-order valence-electron chi connectivity index (χ0n) is 17.2. The molecule has 0 amide bonds. The summed E-state index contributed by atoms with van der Waals surface area (Å²) in [5.41, 5.74) is 2.35. The Morgan fingerprint density at radius 1 is 1.13 bits per heavy atom. The maximum Gasteiger partial charge on any atom is 0.277 e. The molecular formula is C21H21ClN6O3. The van der Waals surface area contributed by atoms with Gasteiger partial charge in [-0.3, -0.25) is 14.6 Å². The average molecular weight is 441 g/mol. The van der Waals surface area contributed by atoms with Crippen LogP contribution in [0.15, 0.2) is 47.4 Å². The number of halogens is 1. The number of fused-ring (bicyclic) bond motifs is 1. The Morgan fingerprint density at radius 2 is 1.97 bits per heavy atom. The molecule has 31 heavy (non-hydrogen) atoms. The second kappa shape index (κ2) is 8.66. The van der Waals surface area contributed by atoms with Gasteiger partial charge in [0.25, 0.3) is 5.56 Å². The van der Waals surface area contributed by atoms with E-state index in [0.29, 0.717) is 51.4 Å². The Morgan fingerprint density at radius 3 is 2.74 bits per heavy atom. The van der Waals surface area contributed by atoms with E-state index in [1.54, 1.807) is 38.6 Å². The molecule has 0 aliphatic rings.